The molecule has 0 unspecified atom stereocenters. The van der Waals surface area contributed by atoms with Crippen LogP contribution in [-0.2, 0) is 6.54 Å². The predicted octanol–water partition coefficient (Wildman–Crippen LogP) is 2.96. The molecule has 1 aromatic carbocycles. The molecule has 0 aliphatic rings. The van der Waals surface area contributed by atoms with E-state index in [0.29, 0.717) is 0 Å². The maximum atomic E-state index is 10.9. The Kier molecular flexibility index (Phi) is 2.49. The van der Waals surface area contributed by atoms with E-state index in [0.717, 1.165) is 35.0 Å². The summed E-state index contributed by atoms with van der Waals surface area (Å²) in [6.07, 6.45) is 2.90. The van der Waals surface area contributed by atoms with Crippen molar-refractivity contribution in [2.24, 2.45) is 0 Å². The van der Waals surface area contributed by atoms with Crippen molar-refractivity contribution < 1.29 is 4.79 Å². The minimum atomic E-state index is 0.736. The van der Waals surface area contributed by atoms with Crippen molar-refractivity contribution in [2.75, 3.05) is 0 Å². The average Bonchev–Trinajstić information content (AvgIpc) is 2.99. The molecule has 0 aliphatic heterocycles. The van der Waals surface area contributed by atoms with E-state index in [4.69, 9.17) is 0 Å². The highest BCUT2D eigenvalue weighted by atomic mass is 32.1. The molecule has 0 fully saturated rings. The average molecular weight is 242 g/mol. The van der Waals surface area contributed by atoms with E-state index in [9.17, 15) is 4.79 Å². The number of hydrogen-bond donors (Lipinski definition) is 0. The molecule has 0 bridgehead atoms. The van der Waals surface area contributed by atoms with Crippen LogP contribution in [0, 0.1) is 0 Å². The lowest BCUT2D eigenvalue weighted by Crippen LogP contribution is -1.97. The summed E-state index contributed by atoms with van der Waals surface area (Å²) in [5.41, 5.74) is 4.68. The van der Waals surface area contributed by atoms with Crippen molar-refractivity contribution >= 4 is 28.5 Å². The summed E-state index contributed by atoms with van der Waals surface area (Å²) in [5, 5.41) is 3.04. The van der Waals surface area contributed by atoms with Gasteiger partial charge in [-0.3, -0.25) is 4.79 Å². The Hall–Kier alpha value is -1.94. The molecule has 3 nitrogen and oxygen atoms in total. The van der Waals surface area contributed by atoms with Crippen LogP contribution in [0.5, 0.6) is 0 Å². The van der Waals surface area contributed by atoms with Gasteiger partial charge in [-0.25, -0.2) is 4.98 Å². The number of aromatic nitrogens is 2. The van der Waals surface area contributed by atoms with E-state index in [1.165, 1.54) is 0 Å². The van der Waals surface area contributed by atoms with Crippen molar-refractivity contribution in [3.05, 3.63) is 52.6 Å². The molecule has 0 atom stereocenters. The Labute approximate surface area is 102 Å². The number of carbonyl (C=O) groups is 1. The second kappa shape index (κ2) is 4.14. The standard InChI is InChI=1S/C13H10N2OS/c16-7-10-2-1-3-13-12(10)4-5-15(13)6-11-8-17-9-14-11/h1-5,7-9H,6H2. The van der Waals surface area contributed by atoms with E-state index >= 15 is 0 Å². The van der Waals surface area contributed by atoms with Gasteiger partial charge in [-0.15, -0.1) is 11.3 Å². The van der Waals surface area contributed by atoms with Gasteiger partial charge in [0.2, 0.25) is 0 Å². The first-order chi connectivity index (χ1) is 8.38. The van der Waals surface area contributed by atoms with Gasteiger partial charge >= 0.3 is 0 Å². The first-order valence-corrected chi connectivity index (χ1v) is 6.23. The summed E-state index contributed by atoms with van der Waals surface area (Å²) >= 11 is 1.59. The molecule has 0 aliphatic carbocycles. The molecule has 0 spiro atoms. The van der Waals surface area contributed by atoms with Crippen LogP contribution in [0.4, 0.5) is 0 Å². The topological polar surface area (TPSA) is 34.9 Å². The van der Waals surface area contributed by atoms with Crippen LogP contribution in [0.15, 0.2) is 41.4 Å². The number of carbonyl (C=O) groups excluding carboxylic acids is 1. The molecule has 2 aromatic heterocycles. The van der Waals surface area contributed by atoms with Gasteiger partial charge in [-0.1, -0.05) is 12.1 Å². The lowest BCUT2D eigenvalue weighted by atomic mass is 10.1. The molecule has 0 amide bonds. The molecule has 0 saturated carbocycles. The van der Waals surface area contributed by atoms with Crippen LogP contribution < -0.4 is 0 Å². The van der Waals surface area contributed by atoms with Crippen LogP contribution in [0.2, 0.25) is 0 Å². The zero-order valence-corrected chi connectivity index (χ0v) is 9.85. The third-order valence-electron chi connectivity index (χ3n) is 2.79. The number of nitrogens with zero attached hydrogens (tertiary/aromatic N) is 2. The molecule has 0 saturated heterocycles. The van der Waals surface area contributed by atoms with E-state index in [2.05, 4.69) is 9.55 Å². The maximum Gasteiger partial charge on any atom is 0.150 e. The normalized spacial score (nSPS) is 10.8. The number of thiazole rings is 1. The second-order valence-electron chi connectivity index (χ2n) is 3.82. The number of benzene rings is 1. The largest absolute Gasteiger partial charge is 0.341 e. The van der Waals surface area contributed by atoms with Gasteiger partial charge in [0.25, 0.3) is 0 Å². The zero-order chi connectivity index (χ0) is 11.7. The first kappa shape index (κ1) is 10.2. The zero-order valence-electron chi connectivity index (χ0n) is 9.04. The molecule has 3 rings (SSSR count). The third kappa shape index (κ3) is 1.76. The number of aldehydes is 1. The summed E-state index contributed by atoms with van der Waals surface area (Å²) in [7, 11) is 0. The minimum Gasteiger partial charge on any atom is -0.341 e. The maximum absolute atomic E-state index is 10.9. The smallest absolute Gasteiger partial charge is 0.150 e. The van der Waals surface area contributed by atoms with Gasteiger partial charge in [0.15, 0.2) is 6.29 Å². The van der Waals surface area contributed by atoms with Crippen molar-refractivity contribution in [3.63, 3.8) is 0 Å². The second-order valence-corrected chi connectivity index (χ2v) is 4.54. The Bertz CT molecular complexity index is 655. The van der Waals surface area contributed by atoms with Gasteiger partial charge in [0.1, 0.15) is 0 Å². The lowest BCUT2D eigenvalue weighted by molar-refractivity contribution is 0.112. The first-order valence-electron chi connectivity index (χ1n) is 5.28. The predicted molar refractivity (Wildman–Crippen MR) is 68.5 cm³/mol. The van der Waals surface area contributed by atoms with Gasteiger partial charge in [-0.2, -0.15) is 0 Å². The summed E-state index contributed by atoms with van der Waals surface area (Å²) in [6, 6.07) is 7.74. The fraction of sp³-hybridized carbons (Fsp3) is 0.0769. The van der Waals surface area contributed by atoms with Crippen LogP contribution >= 0.6 is 11.3 Å². The highest BCUT2D eigenvalue weighted by Gasteiger charge is 2.05. The lowest BCUT2D eigenvalue weighted by Gasteiger charge is -2.03. The summed E-state index contributed by atoms with van der Waals surface area (Å²) in [4.78, 5) is 15.2. The van der Waals surface area contributed by atoms with E-state index < -0.39 is 0 Å². The van der Waals surface area contributed by atoms with Crippen molar-refractivity contribution in [3.8, 4) is 0 Å². The summed E-state index contributed by atoms with van der Waals surface area (Å²) < 4.78 is 2.11. The third-order valence-corrected chi connectivity index (χ3v) is 3.43. The molecule has 0 radical (unpaired) electrons. The van der Waals surface area contributed by atoms with Gasteiger partial charge < -0.3 is 4.57 Å². The monoisotopic (exact) mass is 242 g/mol. The Balaban J connectivity index is 2.09. The van der Waals surface area contributed by atoms with E-state index in [-0.39, 0.29) is 0 Å². The molecular formula is C13H10N2OS. The molecule has 0 N–H and O–H groups in total. The molecule has 4 heteroatoms. The highest BCUT2D eigenvalue weighted by molar-refractivity contribution is 7.07. The number of fused-ring (bicyclic) bond motifs is 1. The van der Waals surface area contributed by atoms with Crippen LogP contribution in [-0.4, -0.2) is 15.8 Å². The summed E-state index contributed by atoms with van der Waals surface area (Å²) in [6.45, 7) is 0.745. The van der Waals surface area contributed by atoms with E-state index in [1.807, 2.05) is 41.4 Å². The van der Waals surface area contributed by atoms with Crippen LogP contribution in [0.3, 0.4) is 0 Å². The molecule has 2 heterocycles. The number of hydrogen-bond acceptors (Lipinski definition) is 3. The van der Waals surface area contributed by atoms with E-state index in [1.54, 1.807) is 11.3 Å². The van der Waals surface area contributed by atoms with Crippen molar-refractivity contribution in [2.45, 2.75) is 6.54 Å². The van der Waals surface area contributed by atoms with Crippen LogP contribution in [0.1, 0.15) is 16.1 Å². The number of rotatable bonds is 3. The Morgan fingerprint density at radius 3 is 3.06 bits per heavy atom. The molecule has 17 heavy (non-hydrogen) atoms. The van der Waals surface area contributed by atoms with Crippen molar-refractivity contribution in [1.29, 1.82) is 0 Å². The Morgan fingerprint density at radius 2 is 2.29 bits per heavy atom. The molecule has 3 aromatic rings. The minimum absolute atomic E-state index is 0.736. The SMILES string of the molecule is O=Cc1cccc2c1ccn2Cc1cscn1. The van der Waals surface area contributed by atoms with Gasteiger partial charge in [0.05, 0.1) is 17.7 Å². The van der Waals surface area contributed by atoms with Gasteiger partial charge in [-0.05, 0) is 12.1 Å². The summed E-state index contributed by atoms with van der Waals surface area (Å²) in [5.74, 6) is 0. The van der Waals surface area contributed by atoms with Gasteiger partial charge in [0, 0.05) is 28.0 Å². The molecular weight excluding hydrogens is 232 g/mol. The quantitative estimate of drug-likeness (QED) is 0.662. The fourth-order valence-electron chi connectivity index (χ4n) is 1.98. The highest BCUT2D eigenvalue weighted by Crippen LogP contribution is 2.20. The van der Waals surface area contributed by atoms with Crippen molar-refractivity contribution in [1.82, 2.24) is 9.55 Å². The Morgan fingerprint density at radius 1 is 1.35 bits per heavy atom. The van der Waals surface area contributed by atoms with Crippen LogP contribution in [0.25, 0.3) is 10.9 Å². The molecule has 84 valence electrons. The fourth-order valence-corrected chi connectivity index (χ4v) is 2.53.